The normalized spacial score (nSPS) is 20.9. The number of carbonyl (C=O) groups is 1. The first kappa shape index (κ1) is 27.0. The van der Waals surface area contributed by atoms with Crippen LogP contribution in [0.15, 0.2) is 60.6 Å². The number of aryl methyl sites for hydroxylation is 1. The molecular formula is C27H31F3N4O2. The summed E-state index contributed by atoms with van der Waals surface area (Å²) >= 11 is 0. The summed E-state index contributed by atoms with van der Waals surface area (Å²) < 4.78 is 43.8. The van der Waals surface area contributed by atoms with Crippen molar-refractivity contribution in [1.82, 2.24) is 15.2 Å². The van der Waals surface area contributed by atoms with Crippen LogP contribution in [0.1, 0.15) is 36.8 Å². The van der Waals surface area contributed by atoms with E-state index in [1.807, 2.05) is 18.7 Å². The molecule has 1 aliphatic heterocycles. The number of allylic oxidation sites excluding steroid dienone is 2. The Morgan fingerprint density at radius 3 is 2.33 bits per heavy atom. The number of aliphatic hydroxyl groups is 1. The zero-order chi connectivity index (χ0) is 26.6. The van der Waals surface area contributed by atoms with E-state index in [1.165, 1.54) is 12.3 Å². The van der Waals surface area contributed by atoms with Crippen LogP contribution >= 0.6 is 0 Å². The lowest BCUT2D eigenvalue weighted by molar-refractivity contribution is 0.00443. The number of hydrogen-bond donors (Lipinski definition) is 3. The Balaban J connectivity index is 1.98. The number of nitrogens with one attached hydrogen (secondary N) is 1. The fourth-order valence-electron chi connectivity index (χ4n) is 4.41. The maximum atomic E-state index is 14.6. The zero-order valence-corrected chi connectivity index (χ0v) is 20.6. The molecule has 0 saturated carbocycles. The summed E-state index contributed by atoms with van der Waals surface area (Å²) in [4.78, 5) is 19.0. The van der Waals surface area contributed by atoms with E-state index in [1.54, 1.807) is 13.0 Å². The Labute approximate surface area is 209 Å². The van der Waals surface area contributed by atoms with Crippen molar-refractivity contribution in [3.8, 4) is 11.3 Å². The van der Waals surface area contributed by atoms with E-state index in [9.17, 15) is 23.1 Å². The largest absolute Gasteiger partial charge is 0.405 e. The van der Waals surface area contributed by atoms with Gasteiger partial charge in [-0.3, -0.25) is 4.79 Å². The van der Waals surface area contributed by atoms with Gasteiger partial charge < -0.3 is 21.1 Å². The summed E-state index contributed by atoms with van der Waals surface area (Å²) in [6.07, 6.45) is 4.31. The molecule has 0 spiro atoms. The van der Waals surface area contributed by atoms with Gasteiger partial charge >= 0.3 is 0 Å². The Kier molecular flexibility index (Phi) is 8.57. The number of amides is 1. The maximum absolute atomic E-state index is 14.6. The van der Waals surface area contributed by atoms with Crippen LogP contribution < -0.4 is 11.1 Å². The third kappa shape index (κ3) is 5.62. The number of carbonyl (C=O) groups excluding carboxylic acids is 1. The summed E-state index contributed by atoms with van der Waals surface area (Å²) in [7, 11) is 0. The van der Waals surface area contributed by atoms with Crippen molar-refractivity contribution < 1.29 is 23.1 Å². The minimum atomic E-state index is -0.964. The van der Waals surface area contributed by atoms with Gasteiger partial charge in [0, 0.05) is 13.1 Å². The van der Waals surface area contributed by atoms with Crippen molar-refractivity contribution in [2.24, 2.45) is 17.6 Å². The molecule has 1 aromatic carbocycles. The molecule has 1 saturated heterocycles. The topological polar surface area (TPSA) is 91.5 Å². The van der Waals surface area contributed by atoms with Crippen LogP contribution in [0.25, 0.3) is 11.3 Å². The smallest absolute Gasteiger partial charge is 0.274 e. The molecule has 1 aliphatic rings. The number of aliphatic hydroxyl groups excluding tert-OH is 1. The average Bonchev–Trinajstić information content (AvgIpc) is 2.84. The maximum Gasteiger partial charge on any atom is 0.274 e. The first-order valence-corrected chi connectivity index (χ1v) is 11.7. The molecule has 2 heterocycles. The summed E-state index contributed by atoms with van der Waals surface area (Å²) in [6.45, 7) is 10.4. The number of piperidine rings is 1. The minimum absolute atomic E-state index is 0.0260. The quantitative estimate of drug-likeness (QED) is 0.494. The van der Waals surface area contributed by atoms with Crippen molar-refractivity contribution in [3.05, 3.63) is 89.3 Å². The molecule has 3 atom stereocenters. The molecule has 192 valence electrons. The number of pyridine rings is 1. The molecule has 0 bridgehead atoms. The Morgan fingerprint density at radius 2 is 1.81 bits per heavy atom. The van der Waals surface area contributed by atoms with E-state index in [0.29, 0.717) is 36.5 Å². The highest BCUT2D eigenvalue weighted by Crippen LogP contribution is 2.29. The van der Waals surface area contributed by atoms with Gasteiger partial charge in [0.1, 0.15) is 28.8 Å². The lowest BCUT2D eigenvalue weighted by Gasteiger charge is -2.41. The number of likely N-dealkylation sites (tertiary alicyclic amines) is 1. The number of nitrogens with two attached hydrogens (primary N) is 1. The van der Waals surface area contributed by atoms with Gasteiger partial charge in [0.25, 0.3) is 5.91 Å². The Morgan fingerprint density at radius 1 is 1.19 bits per heavy atom. The van der Waals surface area contributed by atoms with E-state index in [-0.39, 0.29) is 17.5 Å². The van der Waals surface area contributed by atoms with E-state index >= 15 is 0 Å². The number of halogens is 3. The predicted octanol–water partition coefficient (Wildman–Crippen LogP) is 4.28. The molecule has 0 aliphatic carbocycles. The van der Waals surface area contributed by atoms with Crippen LogP contribution in [0.5, 0.6) is 0 Å². The molecule has 6 nitrogen and oxygen atoms in total. The molecule has 4 N–H and O–H groups in total. The zero-order valence-electron chi connectivity index (χ0n) is 20.6. The lowest BCUT2D eigenvalue weighted by atomic mass is 9.88. The monoisotopic (exact) mass is 500 g/mol. The lowest BCUT2D eigenvalue weighted by Crippen LogP contribution is -2.47. The Bertz CT molecular complexity index is 1180. The van der Waals surface area contributed by atoms with E-state index in [0.717, 1.165) is 24.3 Å². The second-order valence-electron chi connectivity index (χ2n) is 8.98. The van der Waals surface area contributed by atoms with Crippen molar-refractivity contribution in [2.75, 3.05) is 13.1 Å². The summed E-state index contributed by atoms with van der Waals surface area (Å²) in [6, 6.07) is 4.31. The molecule has 2 unspecified atom stereocenters. The van der Waals surface area contributed by atoms with E-state index < -0.39 is 40.7 Å². The summed E-state index contributed by atoms with van der Waals surface area (Å²) in [5, 5.41) is 13.0. The highest BCUT2D eigenvalue weighted by molar-refractivity contribution is 5.94. The number of rotatable bonds is 7. The van der Waals surface area contributed by atoms with Crippen LogP contribution in [-0.2, 0) is 6.42 Å². The van der Waals surface area contributed by atoms with Gasteiger partial charge in [0.15, 0.2) is 0 Å². The molecule has 1 fully saturated rings. The minimum Gasteiger partial charge on any atom is -0.405 e. The molecule has 36 heavy (non-hydrogen) atoms. The number of hydrogen-bond acceptors (Lipinski definition) is 5. The van der Waals surface area contributed by atoms with Gasteiger partial charge in [-0.2, -0.15) is 0 Å². The highest BCUT2D eigenvalue weighted by Gasteiger charge is 2.31. The van der Waals surface area contributed by atoms with Crippen LogP contribution in [0.3, 0.4) is 0 Å². The van der Waals surface area contributed by atoms with Gasteiger partial charge in [-0.1, -0.05) is 27.4 Å². The first-order chi connectivity index (χ1) is 17.1. The molecule has 0 radical (unpaired) electrons. The fraction of sp³-hybridized carbons (Fsp3) is 0.333. The van der Waals surface area contributed by atoms with E-state index in [4.69, 9.17) is 5.73 Å². The average molecular weight is 501 g/mol. The van der Waals surface area contributed by atoms with Crippen molar-refractivity contribution in [1.29, 1.82) is 0 Å². The SMILES string of the molecule is C=C/C(NC(=O)c1ccc(F)c(-c2c(F)cc(CC)cc2F)n1)=C(\C=C/N)N1CC(C)C(O)[C@@H](C)C1. The fourth-order valence-corrected chi connectivity index (χ4v) is 4.41. The molecular weight excluding hydrogens is 469 g/mol. The molecule has 1 aromatic heterocycles. The van der Waals surface area contributed by atoms with Crippen molar-refractivity contribution >= 4 is 5.91 Å². The third-order valence-corrected chi connectivity index (χ3v) is 6.33. The molecule has 2 aromatic rings. The number of aromatic nitrogens is 1. The van der Waals surface area contributed by atoms with Crippen LogP contribution in [0.4, 0.5) is 13.2 Å². The molecule has 1 amide bonds. The van der Waals surface area contributed by atoms with Crippen LogP contribution in [0, 0.1) is 29.3 Å². The Hall–Kier alpha value is -3.59. The predicted molar refractivity (Wildman–Crippen MR) is 133 cm³/mol. The van der Waals surface area contributed by atoms with E-state index in [2.05, 4.69) is 16.9 Å². The first-order valence-electron chi connectivity index (χ1n) is 11.7. The van der Waals surface area contributed by atoms with Gasteiger partial charge in [0.2, 0.25) is 0 Å². The highest BCUT2D eigenvalue weighted by atomic mass is 19.1. The van der Waals surface area contributed by atoms with Crippen LogP contribution in [0.2, 0.25) is 0 Å². The standard InChI is InChI=1S/C27H31F3N4O2/c1-5-17-11-19(29)24(20(30)12-17)25-18(28)7-8-22(32-25)27(36)33-21(6-2)23(9-10-31)34-13-15(3)26(35)16(4)14-34/h6-12,15-16,26,35H,2,5,13-14,31H2,1,3-4H3,(H,33,36)/b10-9-,23-21-/t15-,16?,26?/m0/s1. The van der Waals surface area contributed by atoms with Gasteiger partial charge in [-0.05, 0) is 66.4 Å². The van der Waals surface area contributed by atoms with Gasteiger partial charge in [0.05, 0.1) is 23.1 Å². The second kappa shape index (κ2) is 11.4. The summed E-state index contributed by atoms with van der Waals surface area (Å²) in [5.74, 6) is -3.67. The molecule has 3 rings (SSSR count). The summed E-state index contributed by atoms with van der Waals surface area (Å²) in [5.41, 5.74) is 5.48. The number of benzene rings is 1. The van der Waals surface area contributed by atoms with Gasteiger partial charge in [-0.25, -0.2) is 18.2 Å². The van der Waals surface area contributed by atoms with Crippen LogP contribution in [-0.4, -0.2) is 40.1 Å². The van der Waals surface area contributed by atoms with Gasteiger partial charge in [-0.15, -0.1) is 0 Å². The third-order valence-electron chi connectivity index (χ3n) is 6.33. The second-order valence-corrected chi connectivity index (χ2v) is 8.98. The number of nitrogens with zero attached hydrogens (tertiary/aromatic N) is 2. The molecule has 9 heteroatoms. The van der Waals surface area contributed by atoms with Crippen molar-refractivity contribution in [3.63, 3.8) is 0 Å². The van der Waals surface area contributed by atoms with Crippen molar-refractivity contribution in [2.45, 2.75) is 33.3 Å².